The van der Waals surface area contributed by atoms with Gasteiger partial charge in [-0.3, -0.25) is 20.0 Å². The molecule has 2 N–H and O–H groups in total. The number of carbonyl (C=O) groups is 1. The minimum Gasteiger partial charge on any atom is -0.272 e. The minimum absolute atomic E-state index is 0.00202. The monoisotopic (exact) mass is 405 g/mol. The number of nitrogens with one attached hydrogen (secondary N) is 2. The highest BCUT2D eigenvalue weighted by Crippen LogP contribution is 2.19. The van der Waals surface area contributed by atoms with E-state index in [4.69, 9.17) is 0 Å². The van der Waals surface area contributed by atoms with E-state index in [9.17, 15) is 14.9 Å². The first kappa shape index (κ1) is 20.9. The van der Waals surface area contributed by atoms with Crippen molar-refractivity contribution in [1.29, 1.82) is 0 Å². The third-order valence-electron chi connectivity index (χ3n) is 4.54. The molecule has 0 aliphatic heterocycles. The van der Waals surface area contributed by atoms with Crippen LogP contribution in [-0.4, -0.2) is 26.7 Å². The molecule has 3 rings (SSSR count). The second-order valence-corrected chi connectivity index (χ2v) is 7.40. The van der Waals surface area contributed by atoms with Crippen molar-refractivity contribution in [2.24, 2.45) is 11.0 Å². The second kappa shape index (κ2) is 9.13. The number of H-pyrrole nitrogens is 1. The molecule has 0 aliphatic rings. The lowest BCUT2D eigenvalue weighted by molar-refractivity contribution is -0.384. The summed E-state index contributed by atoms with van der Waals surface area (Å²) in [5.74, 6) is 0.165. The van der Waals surface area contributed by atoms with Crippen molar-refractivity contribution in [1.82, 2.24) is 15.6 Å². The summed E-state index contributed by atoms with van der Waals surface area (Å²) in [4.78, 5) is 22.6. The summed E-state index contributed by atoms with van der Waals surface area (Å²) in [6, 6.07) is 15.7. The normalized spacial score (nSPS) is 11.5. The zero-order chi connectivity index (χ0) is 21.7. The van der Waals surface area contributed by atoms with Crippen LogP contribution in [-0.2, 0) is 6.42 Å². The van der Waals surface area contributed by atoms with Crippen molar-refractivity contribution in [3.05, 3.63) is 81.5 Å². The van der Waals surface area contributed by atoms with E-state index in [2.05, 4.69) is 46.7 Å². The van der Waals surface area contributed by atoms with Crippen molar-refractivity contribution in [3.8, 4) is 11.3 Å². The smallest absolute Gasteiger partial charge is 0.272 e. The number of nitrogens with zero attached hydrogens (tertiary/aromatic N) is 3. The molecule has 154 valence electrons. The van der Waals surface area contributed by atoms with E-state index in [1.54, 1.807) is 25.1 Å². The molecular weight excluding hydrogens is 382 g/mol. The zero-order valence-corrected chi connectivity index (χ0v) is 17.0. The van der Waals surface area contributed by atoms with Crippen molar-refractivity contribution < 1.29 is 9.72 Å². The Labute approximate surface area is 174 Å². The maximum absolute atomic E-state index is 12.4. The van der Waals surface area contributed by atoms with Gasteiger partial charge in [-0.2, -0.15) is 10.2 Å². The van der Waals surface area contributed by atoms with Crippen molar-refractivity contribution >= 4 is 17.3 Å². The van der Waals surface area contributed by atoms with Crippen LogP contribution >= 0.6 is 0 Å². The molecule has 2 aromatic carbocycles. The van der Waals surface area contributed by atoms with Gasteiger partial charge in [0, 0.05) is 17.7 Å². The van der Waals surface area contributed by atoms with Gasteiger partial charge in [-0.25, -0.2) is 5.43 Å². The van der Waals surface area contributed by atoms with Gasteiger partial charge in [-0.1, -0.05) is 38.1 Å². The van der Waals surface area contributed by atoms with Gasteiger partial charge < -0.3 is 0 Å². The number of nitro groups is 1. The van der Waals surface area contributed by atoms with Gasteiger partial charge in [0.1, 0.15) is 5.69 Å². The number of carbonyl (C=O) groups excluding carboxylic acids is 1. The summed E-state index contributed by atoms with van der Waals surface area (Å²) in [5, 5.41) is 21.7. The molecule has 0 atom stereocenters. The average Bonchev–Trinajstić information content (AvgIpc) is 3.22. The van der Waals surface area contributed by atoms with Gasteiger partial charge >= 0.3 is 0 Å². The standard InChI is InChI=1S/C22H23N5O3/c1-14(2)12-16-4-6-18(7-5-16)20-13-21(25-24-20)22(28)26-23-15(3)17-8-10-19(11-9-17)27(29)30/h4-11,13-14H,12H2,1-3H3,(H,24,25)(H,26,28). The molecule has 0 saturated heterocycles. The number of hydrogen-bond acceptors (Lipinski definition) is 5. The summed E-state index contributed by atoms with van der Waals surface area (Å²) in [5.41, 5.74) is 6.82. The van der Waals surface area contributed by atoms with Crippen LogP contribution in [0.15, 0.2) is 59.7 Å². The summed E-state index contributed by atoms with van der Waals surface area (Å²) in [6.45, 7) is 6.06. The summed E-state index contributed by atoms with van der Waals surface area (Å²) >= 11 is 0. The summed E-state index contributed by atoms with van der Waals surface area (Å²) < 4.78 is 0. The molecule has 0 saturated carbocycles. The molecule has 30 heavy (non-hydrogen) atoms. The lowest BCUT2D eigenvalue weighted by Crippen LogP contribution is -2.19. The molecule has 3 aromatic rings. The second-order valence-electron chi connectivity index (χ2n) is 7.40. The van der Waals surface area contributed by atoms with Crippen LogP contribution in [0.3, 0.4) is 0 Å². The van der Waals surface area contributed by atoms with Gasteiger partial charge in [-0.15, -0.1) is 0 Å². The Morgan fingerprint density at radius 3 is 2.43 bits per heavy atom. The molecule has 1 aromatic heterocycles. The topological polar surface area (TPSA) is 113 Å². The molecule has 1 amide bonds. The number of hydrogen-bond donors (Lipinski definition) is 2. The fourth-order valence-corrected chi connectivity index (χ4v) is 2.95. The Morgan fingerprint density at radius 1 is 1.17 bits per heavy atom. The van der Waals surface area contributed by atoms with Crippen LogP contribution in [0, 0.1) is 16.0 Å². The molecule has 0 bridgehead atoms. The highest BCUT2D eigenvalue weighted by molar-refractivity contribution is 6.00. The molecule has 1 heterocycles. The van der Waals surface area contributed by atoms with Gasteiger partial charge in [0.15, 0.2) is 0 Å². The maximum Gasteiger partial charge on any atom is 0.289 e. The van der Waals surface area contributed by atoms with Crippen LogP contribution in [0.2, 0.25) is 0 Å². The van der Waals surface area contributed by atoms with Crippen LogP contribution < -0.4 is 5.43 Å². The quantitative estimate of drug-likeness (QED) is 0.346. The number of hydrazone groups is 1. The highest BCUT2D eigenvalue weighted by Gasteiger charge is 2.11. The zero-order valence-electron chi connectivity index (χ0n) is 17.0. The summed E-state index contributed by atoms with van der Waals surface area (Å²) in [7, 11) is 0. The van der Waals surface area contributed by atoms with E-state index in [1.165, 1.54) is 17.7 Å². The molecule has 0 fully saturated rings. The molecule has 8 heteroatoms. The third-order valence-corrected chi connectivity index (χ3v) is 4.54. The Hall–Kier alpha value is -3.81. The summed E-state index contributed by atoms with van der Waals surface area (Å²) in [6.07, 6.45) is 1.01. The minimum atomic E-state index is -0.467. The fourth-order valence-electron chi connectivity index (χ4n) is 2.95. The van der Waals surface area contributed by atoms with Crippen LogP contribution in [0.1, 0.15) is 42.4 Å². The molecule has 0 radical (unpaired) electrons. The number of non-ortho nitro benzene ring substituents is 1. The number of benzene rings is 2. The number of aromatic amines is 1. The predicted octanol–water partition coefficient (Wildman–Crippen LogP) is 4.34. The fraction of sp³-hybridized carbons (Fsp3) is 0.227. The molecule has 0 spiro atoms. The Balaban J connectivity index is 1.65. The van der Waals surface area contributed by atoms with E-state index in [0.717, 1.165) is 12.0 Å². The number of amides is 1. The molecule has 0 aliphatic carbocycles. The Morgan fingerprint density at radius 2 is 1.83 bits per heavy atom. The first-order valence-corrected chi connectivity index (χ1v) is 9.57. The molecule has 8 nitrogen and oxygen atoms in total. The van der Waals surface area contributed by atoms with Crippen molar-refractivity contribution in [3.63, 3.8) is 0 Å². The van der Waals surface area contributed by atoms with E-state index in [1.807, 2.05) is 12.1 Å². The lowest BCUT2D eigenvalue weighted by atomic mass is 10.0. The number of nitro benzene ring substituents is 1. The van der Waals surface area contributed by atoms with E-state index in [0.29, 0.717) is 22.9 Å². The Kier molecular flexibility index (Phi) is 6.36. The van der Waals surface area contributed by atoms with Gasteiger partial charge in [0.25, 0.3) is 11.6 Å². The first-order chi connectivity index (χ1) is 14.3. The lowest BCUT2D eigenvalue weighted by Gasteiger charge is -2.05. The third kappa shape index (κ3) is 5.16. The van der Waals surface area contributed by atoms with E-state index < -0.39 is 10.8 Å². The molecule has 0 unspecified atom stereocenters. The first-order valence-electron chi connectivity index (χ1n) is 9.57. The van der Waals surface area contributed by atoms with Gasteiger partial charge in [-0.05, 0) is 48.6 Å². The SMILES string of the molecule is CC(=NNC(=O)c1cc(-c2ccc(CC(C)C)cc2)n[nH]1)c1ccc([N+](=O)[O-])cc1. The molecular formula is C22H23N5O3. The van der Waals surface area contributed by atoms with Crippen molar-refractivity contribution in [2.45, 2.75) is 27.2 Å². The van der Waals surface area contributed by atoms with E-state index in [-0.39, 0.29) is 11.4 Å². The average molecular weight is 405 g/mol. The number of aromatic nitrogens is 2. The van der Waals surface area contributed by atoms with Crippen LogP contribution in [0.4, 0.5) is 5.69 Å². The predicted molar refractivity (Wildman–Crippen MR) is 115 cm³/mol. The largest absolute Gasteiger partial charge is 0.289 e. The van der Waals surface area contributed by atoms with Crippen LogP contribution in [0.5, 0.6) is 0 Å². The Bertz CT molecular complexity index is 1070. The van der Waals surface area contributed by atoms with Gasteiger partial charge in [0.05, 0.1) is 16.3 Å². The van der Waals surface area contributed by atoms with E-state index >= 15 is 0 Å². The van der Waals surface area contributed by atoms with Gasteiger partial charge in [0.2, 0.25) is 0 Å². The van der Waals surface area contributed by atoms with Crippen LogP contribution in [0.25, 0.3) is 11.3 Å². The van der Waals surface area contributed by atoms with Crippen molar-refractivity contribution in [2.75, 3.05) is 0 Å². The maximum atomic E-state index is 12.4. The number of rotatable bonds is 7. The highest BCUT2D eigenvalue weighted by atomic mass is 16.6.